The summed E-state index contributed by atoms with van der Waals surface area (Å²) in [5.41, 5.74) is 10.6. The van der Waals surface area contributed by atoms with E-state index >= 15 is 0 Å². The maximum absolute atomic E-state index is 4.70. The third-order valence-corrected chi connectivity index (χ3v) is 6.67. The van der Waals surface area contributed by atoms with Crippen molar-refractivity contribution in [2.75, 3.05) is 6.54 Å². The van der Waals surface area contributed by atoms with E-state index in [1.807, 2.05) is 24.8 Å². The lowest BCUT2D eigenvalue weighted by Crippen LogP contribution is -2.13. The number of aromatic amines is 2. The summed E-state index contributed by atoms with van der Waals surface area (Å²) in [7, 11) is 0. The number of aromatic nitrogens is 5. The van der Waals surface area contributed by atoms with Crippen molar-refractivity contribution in [1.82, 2.24) is 35.4 Å². The molecule has 7 nitrogen and oxygen atoms in total. The zero-order chi connectivity index (χ0) is 25.9. The third-order valence-electron chi connectivity index (χ3n) is 6.67. The van der Waals surface area contributed by atoms with Gasteiger partial charge in [-0.1, -0.05) is 37.3 Å². The molecule has 188 valence electrons. The molecule has 0 amide bonds. The van der Waals surface area contributed by atoms with E-state index < -0.39 is 0 Å². The summed E-state index contributed by atoms with van der Waals surface area (Å²) in [5.74, 6) is 0. The van der Waals surface area contributed by atoms with Crippen LogP contribution in [0.25, 0.3) is 44.5 Å². The molecule has 3 N–H and O–H groups in total. The number of fused-ring (bicyclic) bond motifs is 2. The van der Waals surface area contributed by atoms with Crippen LogP contribution in [-0.4, -0.2) is 36.6 Å². The van der Waals surface area contributed by atoms with Gasteiger partial charge in [-0.2, -0.15) is 5.10 Å². The van der Waals surface area contributed by atoms with Gasteiger partial charge in [0.05, 0.1) is 11.4 Å². The monoisotopic (exact) mass is 491 g/mol. The van der Waals surface area contributed by atoms with E-state index in [0.717, 1.165) is 46.5 Å². The number of rotatable bonds is 9. The first-order chi connectivity index (χ1) is 18.0. The number of nitrogens with zero attached hydrogens (tertiary/aromatic N) is 4. The normalized spacial score (nSPS) is 11.2. The molecule has 37 heavy (non-hydrogen) atoms. The second kappa shape index (κ2) is 10.4. The molecule has 0 aliphatic rings. The minimum absolute atomic E-state index is 0.678. The first kappa shape index (κ1) is 24.5. The Labute approximate surface area is 217 Å². The van der Waals surface area contributed by atoms with Crippen molar-refractivity contribution in [1.29, 1.82) is 0 Å². The molecule has 0 fully saturated rings. The maximum Gasteiger partial charge on any atom is 0.181 e. The largest absolute Gasteiger partial charge is 0.353 e. The highest BCUT2D eigenvalue weighted by Gasteiger charge is 2.19. The highest BCUT2D eigenvalue weighted by atomic mass is 15.2. The minimum atomic E-state index is 0.678. The van der Waals surface area contributed by atoms with Gasteiger partial charge in [0.25, 0.3) is 0 Å². The second-order valence-electron chi connectivity index (χ2n) is 9.53. The van der Waals surface area contributed by atoms with Crippen LogP contribution in [0, 0.1) is 6.92 Å². The van der Waals surface area contributed by atoms with E-state index in [0.29, 0.717) is 12.2 Å². The number of nitrogens with one attached hydrogen (secondary N) is 3. The van der Waals surface area contributed by atoms with Crippen LogP contribution in [-0.2, 0) is 13.1 Å². The van der Waals surface area contributed by atoms with Crippen LogP contribution in [0.15, 0.2) is 73.5 Å². The Morgan fingerprint density at radius 3 is 2.73 bits per heavy atom. The van der Waals surface area contributed by atoms with Crippen LogP contribution in [0.2, 0.25) is 0 Å². The molecule has 0 aliphatic heterocycles. The number of H-pyrrole nitrogens is 2. The lowest BCUT2D eigenvalue weighted by molar-refractivity contribution is 0.501. The maximum atomic E-state index is 4.70. The summed E-state index contributed by atoms with van der Waals surface area (Å²) in [5, 5.41) is 13.4. The van der Waals surface area contributed by atoms with Crippen LogP contribution < -0.4 is 5.32 Å². The lowest BCUT2D eigenvalue weighted by atomic mass is 9.99. The molecule has 4 aromatic heterocycles. The molecule has 0 aliphatic carbocycles. The average molecular weight is 492 g/mol. The topological polar surface area (TPSA) is 85.5 Å². The van der Waals surface area contributed by atoms with E-state index in [4.69, 9.17) is 4.98 Å². The van der Waals surface area contributed by atoms with E-state index in [1.54, 1.807) is 0 Å². The zero-order valence-corrected chi connectivity index (χ0v) is 21.9. The fourth-order valence-electron chi connectivity index (χ4n) is 4.79. The summed E-state index contributed by atoms with van der Waals surface area (Å²) < 4.78 is 0. The molecule has 1 aromatic carbocycles. The van der Waals surface area contributed by atoms with Gasteiger partial charge in [-0.25, -0.2) is 4.98 Å². The van der Waals surface area contributed by atoms with Crippen LogP contribution in [0.1, 0.15) is 37.5 Å². The highest BCUT2D eigenvalue weighted by Crippen LogP contribution is 2.35. The van der Waals surface area contributed by atoms with Crippen molar-refractivity contribution < 1.29 is 0 Å². The van der Waals surface area contributed by atoms with Gasteiger partial charge >= 0.3 is 0 Å². The second-order valence-corrected chi connectivity index (χ2v) is 9.53. The number of pyridine rings is 2. The number of allylic oxidation sites excluding steroid dienone is 1. The standard InChI is InChI=1S/C30H33N7/c1-6-31-13-22-14-32-16-25(20(22)5)21-12-24-29(35-36-30(24)33-15-21)28-26(18-37(7-2)17-19(3)4)23-10-8-9-11-27(23)34-28/h7-12,14-17,31,34H,2,6,13,18H2,1,3-5H3,(H,33,35,36). The summed E-state index contributed by atoms with van der Waals surface area (Å²) in [6.07, 6.45) is 9.71. The fraction of sp³-hybridized carbons (Fsp3) is 0.233. The molecule has 4 heterocycles. The zero-order valence-electron chi connectivity index (χ0n) is 21.9. The average Bonchev–Trinajstić information content (AvgIpc) is 3.48. The van der Waals surface area contributed by atoms with E-state index in [1.165, 1.54) is 27.6 Å². The van der Waals surface area contributed by atoms with Crippen molar-refractivity contribution in [2.45, 2.75) is 40.8 Å². The third kappa shape index (κ3) is 4.78. The van der Waals surface area contributed by atoms with Gasteiger partial charge in [0.15, 0.2) is 5.65 Å². The minimum Gasteiger partial charge on any atom is -0.353 e. The predicted molar refractivity (Wildman–Crippen MR) is 152 cm³/mol. The van der Waals surface area contributed by atoms with Crippen LogP contribution in [0.5, 0.6) is 0 Å². The van der Waals surface area contributed by atoms with Gasteiger partial charge in [0, 0.05) is 70.9 Å². The Kier molecular flexibility index (Phi) is 6.88. The molecule has 5 rings (SSSR count). The molecule has 5 aromatic rings. The van der Waals surface area contributed by atoms with E-state index in [-0.39, 0.29) is 0 Å². The molecule has 0 bridgehead atoms. The quantitative estimate of drug-likeness (QED) is 0.220. The summed E-state index contributed by atoms with van der Waals surface area (Å²) in [6.45, 7) is 14.8. The van der Waals surface area contributed by atoms with Gasteiger partial charge in [-0.05, 0) is 56.8 Å². The predicted octanol–water partition coefficient (Wildman–Crippen LogP) is 6.46. The number of hydrogen-bond donors (Lipinski definition) is 3. The van der Waals surface area contributed by atoms with Crippen molar-refractivity contribution in [3.05, 3.63) is 90.2 Å². The smallest absolute Gasteiger partial charge is 0.181 e. The van der Waals surface area contributed by atoms with Crippen molar-refractivity contribution in [3.8, 4) is 22.5 Å². The van der Waals surface area contributed by atoms with Gasteiger partial charge in [-0.3, -0.25) is 10.1 Å². The molecule has 0 atom stereocenters. The molecule has 0 spiro atoms. The van der Waals surface area contributed by atoms with Gasteiger partial charge in [0.2, 0.25) is 0 Å². The van der Waals surface area contributed by atoms with Crippen LogP contribution in [0.4, 0.5) is 0 Å². The van der Waals surface area contributed by atoms with E-state index in [2.05, 4.69) is 101 Å². The summed E-state index contributed by atoms with van der Waals surface area (Å²) in [4.78, 5) is 15.0. The molecule has 0 radical (unpaired) electrons. The first-order valence-corrected chi connectivity index (χ1v) is 12.6. The first-order valence-electron chi connectivity index (χ1n) is 12.6. The molecule has 0 saturated carbocycles. The van der Waals surface area contributed by atoms with Gasteiger partial charge in [-0.15, -0.1) is 0 Å². The fourth-order valence-corrected chi connectivity index (χ4v) is 4.79. The Hall–Kier alpha value is -4.23. The van der Waals surface area contributed by atoms with Gasteiger partial charge in [0.1, 0.15) is 0 Å². The number of hydrogen-bond acceptors (Lipinski definition) is 5. The SMILES string of the molecule is C=CN(C=C(C)C)Cc1c(-c2[nH]nc3ncc(-c4cncc(CNCC)c4C)cc23)[nH]c2ccccc12. The van der Waals surface area contributed by atoms with E-state index in [9.17, 15) is 0 Å². The molecular weight excluding hydrogens is 458 g/mol. The van der Waals surface area contributed by atoms with Gasteiger partial charge < -0.3 is 15.2 Å². The number of benzene rings is 1. The summed E-state index contributed by atoms with van der Waals surface area (Å²) in [6, 6.07) is 10.5. The van der Waals surface area contributed by atoms with Crippen molar-refractivity contribution in [3.63, 3.8) is 0 Å². The Morgan fingerprint density at radius 2 is 1.95 bits per heavy atom. The molecule has 7 heteroatoms. The molecule has 0 saturated heterocycles. The molecule has 0 unspecified atom stereocenters. The Balaban J connectivity index is 1.65. The lowest BCUT2D eigenvalue weighted by Gasteiger charge is -2.17. The Bertz CT molecular complexity index is 1600. The Morgan fingerprint density at radius 1 is 1.11 bits per heavy atom. The highest BCUT2D eigenvalue weighted by molar-refractivity contribution is 5.98. The number of para-hydroxylation sites is 1. The summed E-state index contributed by atoms with van der Waals surface area (Å²) >= 11 is 0. The van der Waals surface area contributed by atoms with Crippen molar-refractivity contribution >= 4 is 21.9 Å². The molecular formula is C30H33N7. The van der Waals surface area contributed by atoms with Crippen LogP contribution in [0.3, 0.4) is 0 Å². The van der Waals surface area contributed by atoms with Crippen LogP contribution >= 0.6 is 0 Å². The van der Waals surface area contributed by atoms with Crippen molar-refractivity contribution in [2.24, 2.45) is 0 Å².